The Morgan fingerprint density at radius 1 is 1.00 bits per heavy atom. The average molecular weight is 607 g/mol. The average Bonchev–Trinajstić information content (AvgIpc) is 2.88. The van der Waals surface area contributed by atoms with Crippen LogP contribution in [0.25, 0.3) is 0 Å². The molecule has 1 amide bonds. The zero-order valence-corrected chi connectivity index (χ0v) is 30.0. The van der Waals surface area contributed by atoms with Gasteiger partial charge in [0.25, 0.3) is 0 Å². The summed E-state index contributed by atoms with van der Waals surface area (Å²) in [5.74, 6) is 0.252. The van der Waals surface area contributed by atoms with Crippen molar-refractivity contribution in [3.8, 4) is 6.07 Å². The third kappa shape index (κ3) is 7.10. The van der Waals surface area contributed by atoms with Gasteiger partial charge in [-0.05, 0) is 98.4 Å². The Balaban J connectivity index is 1.96. The van der Waals surface area contributed by atoms with Crippen molar-refractivity contribution in [3.05, 3.63) is 23.3 Å². The molecule has 2 fully saturated rings. The number of likely N-dealkylation sites (tertiary alicyclic amines) is 1. The number of hydrogen-bond acceptors (Lipinski definition) is 4. The van der Waals surface area contributed by atoms with Crippen LogP contribution in [0.5, 0.6) is 0 Å². The van der Waals surface area contributed by atoms with Gasteiger partial charge in [0.05, 0.1) is 5.57 Å². The summed E-state index contributed by atoms with van der Waals surface area (Å²) in [5, 5.41) is 9.96. The zero-order valence-electron chi connectivity index (χ0n) is 30.0. The van der Waals surface area contributed by atoms with Crippen molar-refractivity contribution in [2.75, 3.05) is 13.1 Å². The molecule has 0 bridgehead atoms. The van der Waals surface area contributed by atoms with Crippen LogP contribution in [-0.2, 0) is 14.4 Å². The largest absolute Gasteiger partial charge is 0.343 e. The summed E-state index contributed by atoms with van der Waals surface area (Å²) >= 11 is 0. The van der Waals surface area contributed by atoms with Gasteiger partial charge in [-0.15, -0.1) is 0 Å². The van der Waals surface area contributed by atoms with E-state index in [9.17, 15) is 19.6 Å². The molecule has 1 aliphatic heterocycles. The monoisotopic (exact) mass is 606 g/mol. The number of carbonyl (C=O) groups excluding carboxylic acids is 3. The highest BCUT2D eigenvalue weighted by Gasteiger charge is 2.61. The molecule has 0 unspecified atom stereocenters. The van der Waals surface area contributed by atoms with Crippen molar-refractivity contribution < 1.29 is 14.4 Å². The van der Waals surface area contributed by atoms with Crippen molar-refractivity contribution in [1.29, 1.82) is 5.26 Å². The number of amides is 1. The van der Waals surface area contributed by atoms with E-state index in [0.717, 1.165) is 70.0 Å². The second kappa shape index (κ2) is 12.9. The molecule has 0 radical (unpaired) electrons. The number of hydrogen-bond donors (Lipinski definition) is 0. The number of Topliss-reactive ketones (excluding diaryl/α,β-unsaturated/α-hetero) is 1. The highest BCUT2D eigenvalue weighted by molar-refractivity contribution is 6.04. The molecule has 1 saturated carbocycles. The Morgan fingerprint density at radius 2 is 1.61 bits per heavy atom. The third-order valence-electron chi connectivity index (χ3n) is 12.8. The number of fused-ring (bicyclic) bond motifs is 1. The molecular formula is C39H62N2O3. The minimum atomic E-state index is -0.678. The van der Waals surface area contributed by atoms with Crippen LogP contribution in [0.4, 0.5) is 0 Å². The molecule has 0 aromatic heterocycles. The van der Waals surface area contributed by atoms with E-state index in [0.29, 0.717) is 12.3 Å². The number of nitriles is 1. The van der Waals surface area contributed by atoms with Gasteiger partial charge < -0.3 is 4.90 Å². The Labute approximate surface area is 269 Å². The Bertz CT molecular complexity index is 1230. The molecule has 44 heavy (non-hydrogen) atoms. The van der Waals surface area contributed by atoms with E-state index >= 15 is 0 Å². The molecule has 246 valence electrons. The third-order valence-corrected chi connectivity index (χ3v) is 12.8. The molecule has 0 N–H and O–H groups in total. The lowest BCUT2D eigenvalue weighted by Crippen LogP contribution is -2.55. The minimum absolute atomic E-state index is 0.0121. The smallest absolute Gasteiger partial charge is 0.222 e. The SMILES string of the molecule is CCCC(C)(C)CC[C@](C)(CCC(=O)N1CCC1)CCC(C)(C)[C@]1(C)CC[C@H]2C(C)(C)C(=O)C(C#N)=C[C@]2(C)/C1=C/C(C)=O. The van der Waals surface area contributed by atoms with Crippen molar-refractivity contribution in [2.24, 2.45) is 38.4 Å². The molecule has 0 aromatic carbocycles. The summed E-state index contributed by atoms with van der Waals surface area (Å²) in [7, 11) is 0. The van der Waals surface area contributed by atoms with Crippen molar-refractivity contribution in [2.45, 2.75) is 147 Å². The first-order valence-corrected chi connectivity index (χ1v) is 17.4. The van der Waals surface area contributed by atoms with E-state index in [2.05, 4.69) is 61.5 Å². The first-order chi connectivity index (χ1) is 20.2. The minimum Gasteiger partial charge on any atom is -0.343 e. The molecule has 3 aliphatic rings. The Kier molecular flexibility index (Phi) is 10.6. The lowest BCUT2D eigenvalue weighted by atomic mass is 9.42. The Morgan fingerprint density at radius 3 is 2.14 bits per heavy atom. The predicted molar refractivity (Wildman–Crippen MR) is 180 cm³/mol. The standard InChI is InChI=1S/C39H62N2O3/c1-12-16-34(3,4)19-21-37(9,17-15-32(43)41-23-13-24-41)22-20-35(5,6)39(11)18-14-30-36(7,8)33(44)29(27-40)26-38(30,10)31(39)25-28(2)42/h25-26,30H,12-24H2,1-11H3/b31-25-/t30-,37-,38-,39+/m0/s1. The summed E-state index contributed by atoms with van der Waals surface area (Å²) in [6, 6.07) is 2.20. The summed E-state index contributed by atoms with van der Waals surface area (Å²) in [6.45, 7) is 26.0. The summed E-state index contributed by atoms with van der Waals surface area (Å²) in [4.78, 5) is 41.1. The highest BCUT2D eigenvalue weighted by atomic mass is 16.2. The Hall–Kier alpha value is -2.22. The van der Waals surface area contributed by atoms with E-state index in [1.807, 2.05) is 30.9 Å². The first kappa shape index (κ1) is 36.3. The fraction of sp³-hybridized carbons (Fsp3) is 0.795. The molecule has 0 aromatic rings. The summed E-state index contributed by atoms with van der Waals surface area (Å²) in [6.07, 6.45) is 14.7. The van der Waals surface area contributed by atoms with Crippen LogP contribution in [0, 0.1) is 49.7 Å². The summed E-state index contributed by atoms with van der Waals surface area (Å²) in [5.41, 5.74) is -0.0795. The van der Waals surface area contributed by atoms with Crippen LogP contribution >= 0.6 is 0 Å². The van der Waals surface area contributed by atoms with Crippen LogP contribution in [-0.4, -0.2) is 35.5 Å². The number of carbonyl (C=O) groups is 3. The van der Waals surface area contributed by atoms with Gasteiger partial charge in [-0.2, -0.15) is 5.26 Å². The summed E-state index contributed by atoms with van der Waals surface area (Å²) < 4.78 is 0. The van der Waals surface area contributed by atoms with E-state index in [1.165, 1.54) is 12.8 Å². The second-order valence-corrected chi connectivity index (χ2v) is 17.4. The van der Waals surface area contributed by atoms with Gasteiger partial charge in [-0.1, -0.05) is 87.3 Å². The first-order valence-electron chi connectivity index (χ1n) is 17.4. The van der Waals surface area contributed by atoms with E-state index in [-0.39, 0.29) is 44.7 Å². The highest BCUT2D eigenvalue weighted by Crippen LogP contribution is 2.67. The van der Waals surface area contributed by atoms with Crippen molar-refractivity contribution in [3.63, 3.8) is 0 Å². The van der Waals surface area contributed by atoms with Crippen LogP contribution < -0.4 is 0 Å². The number of rotatable bonds is 13. The normalized spacial score (nSPS) is 29.3. The maximum absolute atomic E-state index is 13.3. The van der Waals surface area contributed by atoms with Crippen LogP contribution in [0.15, 0.2) is 23.3 Å². The maximum atomic E-state index is 13.3. The second-order valence-electron chi connectivity index (χ2n) is 17.4. The molecule has 4 atom stereocenters. The van der Waals surface area contributed by atoms with Crippen LogP contribution in [0.1, 0.15) is 147 Å². The molecule has 2 aliphatic carbocycles. The van der Waals surface area contributed by atoms with E-state index in [4.69, 9.17) is 0 Å². The fourth-order valence-electron chi connectivity index (χ4n) is 8.95. The molecule has 1 heterocycles. The fourth-order valence-corrected chi connectivity index (χ4v) is 8.95. The van der Waals surface area contributed by atoms with Gasteiger partial charge in [-0.3, -0.25) is 14.4 Å². The quantitative estimate of drug-likeness (QED) is 0.196. The van der Waals surface area contributed by atoms with E-state index < -0.39 is 10.8 Å². The molecular weight excluding hydrogens is 544 g/mol. The number of allylic oxidation sites excluding steroid dienone is 4. The zero-order chi connectivity index (χ0) is 33.4. The molecule has 3 rings (SSSR count). The molecule has 1 saturated heterocycles. The lowest BCUT2D eigenvalue weighted by Gasteiger charge is -2.61. The molecule has 5 heteroatoms. The van der Waals surface area contributed by atoms with Gasteiger partial charge in [0.1, 0.15) is 6.07 Å². The van der Waals surface area contributed by atoms with Crippen LogP contribution in [0.2, 0.25) is 0 Å². The van der Waals surface area contributed by atoms with Gasteiger partial charge in [-0.25, -0.2) is 0 Å². The topological polar surface area (TPSA) is 78.2 Å². The number of nitrogens with zero attached hydrogens (tertiary/aromatic N) is 2. The van der Waals surface area contributed by atoms with Crippen LogP contribution in [0.3, 0.4) is 0 Å². The van der Waals surface area contributed by atoms with Gasteiger partial charge >= 0.3 is 0 Å². The van der Waals surface area contributed by atoms with Gasteiger partial charge in [0.15, 0.2) is 11.6 Å². The molecule has 0 spiro atoms. The predicted octanol–water partition coefficient (Wildman–Crippen LogP) is 9.41. The van der Waals surface area contributed by atoms with Gasteiger partial charge in [0.2, 0.25) is 5.91 Å². The molecule has 5 nitrogen and oxygen atoms in total. The maximum Gasteiger partial charge on any atom is 0.222 e. The number of ketones is 2. The van der Waals surface area contributed by atoms with E-state index in [1.54, 1.807) is 6.92 Å². The van der Waals surface area contributed by atoms with Crippen molar-refractivity contribution >= 4 is 17.5 Å². The lowest BCUT2D eigenvalue weighted by molar-refractivity contribution is -0.135. The van der Waals surface area contributed by atoms with Gasteiger partial charge in [0, 0.05) is 30.3 Å². The van der Waals surface area contributed by atoms with Crippen molar-refractivity contribution in [1.82, 2.24) is 4.90 Å².